The molecule has 0 amide bonds. The molecular formula is C64H132IN. The molecule has 66 heavy (non-hydrogen) atoms. The molecule has 0 aromatic rings. The molecule has 0 fully saturated rings. The van der Waals surface area contributed by atoms with Crippen molar-refractivity contribution in [3.8, 4) is 0 Å². The SMILES string of the molecule is CCCCCCCCCCCCCCCC[N+](CCCCCCCCCCCCCCCC)(CCCCCCCCCCCCCCCC)CCCCCCCCCCCCCCCC.[I-]. The van der Waals surface area contributed by atoms with Gasteiger partial charge in [0.2, 0.25) is 0 Å². The largest absolute Gasteiger partial charge is 1.00 e. The molecule has 0 aromatic heterocycles. The number of rotatable bonds is 60. The van der Waals surface area contributed by atoms with Crippen molar-refractivity contribution in [1.82, 2.24) is 0 Å². The summed E-state index contributed by atoms with van der Waals surface area (Å²) in [5, 5.41) is 0. The molecule has 1 nitrogen and oxygen atoms in total. The third-order valence-electron chi connectivity index (χ3n) is 15.9. The second-order valence-electron chi connectivity index (χ2n) is 22.6. The van der Waals surface area contributed by atoms with Crippen molar-refractivity contribution < 1.29 is 28.5 Å². The molecule has 0 aliphatic heterocycles. The first-order chi connectivity index (χ1) is 32.2. The van der Waals surface area contributed by atoms with Gasteiger partial charge in [-0.2, -0.15) is 0 Å². The number of nitrogens with zero attached hydrogens (tertiary/aromatic N) is 1. The Morgan fingerprint density at radius 2 is 0.227 bits per heavy atom. The molecular weight excluding hydrogens is 910 g/mol. The Bertz CT molecular complexity index is 677. The zero-order valence-electron chi connectivity index (χ0n) is 47.3. The van der Waals surface area contributed by atoms with Crippen LogP contribution < -0.4 is 24.0 Å². The van der Waals surface area contributed by atoms with E-state index in [1.165, 1.54) is 390 Å². The first-order valence-corrected chi connectivity index (χ1v) is 32.1. The minimum absolute atomic E-state index is 0. The predicted molar refractivity (Wildman–Crippen MR) is 301 cm³/mol. The normalized spacial score (nSPS) is 11.8. The Balaban J connectivity index is 0. The van der Waals surface area contributed by atoms with Gasteiger partial charge in [0, 0.05) is 0 Å². The smallest absolute Gasteiger partial charge is 0.0786 e. The summed E-state index contributed by atoms with van der Waals surface area (Å²) >= 11 is 0. The molecule has 0 bridgehead atoms. The van der Waals surface area contributed by atoms with E-state index in [9.17, 15) is 0 Å². The fourth-order valence-electron chi connectivity index (χ4n) is 11.2. The molecule has 0 saturated carbocycles. The van der Waals surface area contributed by atoms with E-state index < -0.39 is 0 Å². The summed E-state index contributed by atoms with van der Waals surface area (Å²) < 4.78 is 1.49. The average molecular weight is 1040 g/mol. The van der Waals surface area contributed by atoms with Crippen molar-refractivity contribution in [2.45, 2.75) is 387 Å². The van der Waals surface area contributed by atoms with E-state index in [1.54, 1.807) is 0 Å². The van der Waals surface area contributed by atoms with Gasteiger partial charge in [0.25, 0.3) is 0 Å². The molecule has 0 radical (unpaired) electrons. The predicted octanol–water partition coefficient (Wildman–Crippen LogP) is 20.7. The molecule has 0 N–H and O–H groups in total. The minimum Gasteiger partial charge on any atom is -1.00 e. The van der Waals surface area contributed by atoms with Crippen LogP contribution in [0.1, 0.15) is 387 Å². The molecule has 0 unspecified atom stereocenters. The number of halogens is 1. The summed E-state index contributed by atoms with van der Waals surface area (Å²) in [6, 6.07) is 0. The molecule has 400 valence electrons. The van der Waals surface area contributed by atoms with Crippen molar-refractivity contribution in [2.24, 2.45) is 0 Å². The zero-order valence-corrected chi connectivity index (χ0v) is 49.4. The third-order valence-corrected chi connectivity index (χ3v) is 15.9. The number of quaternary nitrogens is 1. The maximum Gasteiger partial charge on any atom is 0.0786 e. The summed E-state index contributed by atoms with van der Waals surface area (Å²) in [7, 11) is 0. The zero-order chi connectivity index (χ0) is 46.9. The lowest BCUT2D eigenvalue weighted by atomic mass is 10.0. The molecule has 0 spiro atoms. The van der Waals surface area contributed by atoms with Crippen molar-refractivity contribution >= 4 is 0 Å². The van der Waals surface area contributed by atoms with Gasteiger partial charge in [-0.25, -0.2) is 0 Å². The highest BCUT2D eigenvalue weighted by Gasteiger charge is 2.26. The lowest BCUT2D eigenvalue weighted by molar-refractivity contribution is -0.929. The van der Waals surface area contributed by atoms with Crippen molar-refractivity contribution in [3.05, 3.63) is 0 Å². The third kappa shape index (κ3) is 55.6. The summed E-state index contributed by atoms with van der Waals surface area (Å²) in [5.74, 6) is 0. The molecule has 0 rings (SSSR count). The van der Waals surface area contributed by atoms with Crippen LogP contribution in [-0.4, -0.2) is 30.7 Å². The van der Waals surface area contributed by atoms with E-state index in [4.69, 9.17) is 0 Å². The molecule has 2 heteroatoms. The van der Waals surface area contributed by atoms with Crippen molar-refractivity contribution in [2.75, 3.05) is 26.2 Å². The second kappa shape index (κ2) is 61.8. The quantitative estimate of drug-likeness (QED) is 0.0324. The lowest BCUT2D eigenvalue weighted by Gasteiger charge is -2.40. The maximum absolute atomic E-state index is 2.33. The minimum atomic E-state index is 0. The van der Waals surface area contributed by atoms with Gasteiger partial charge in [-0.15, -0.1) is 0 Å². The molecule has 0 aliphatic carbocycles. The van der Waals surface area contributed by atoms with E-state index in [0.717, 1.165) is 0 Å². The van der Waals surface area contributed by atoms with Gasteiger partial charge in [-0.3, -0.25) is 0 Å². The Kier molecular flexibility index (Phi) is 64.4. The second-order valence-corrected chi connectivity index (χ2v) is 22.6. The van der Waals surface area contributed by atoms with E-state index in [0.29, 0.717) is 0 Å². The number of hydrogen-bond acceptors (Lipinski definition) is 0. The molecule has 0 atom stereocenters. The Morgan fingerprint density at radius 1 is 0.136 bits per heavy atom. The average Bonchev–Trinajstić information content (AvgIpc) is 3.32. The van der Waals surface area contributed by atoms with Crippen LogP contribution in [0.3, 0.4) is 0 Å². The van der Waals surface area contributed by atoms with Crippen LogP contribution in [0.4, 0.5) is 0 Å². The Morgan fingerprint density at radius 3 is 0.333 bits per heavy atom. The Hall–Kier alpha value is 0.690. The first kappa shape index (κ1) is 68.8. The van der Waals surface area contributed by atoms with Gasteiger partial charge in [-0.05, 0) is 51.4 Å². The fraction of sp³-hybridized carbons (Fsp3) is 1.00. The van der Waals surface area contributed by atoms with Gasteiger partial charge in [0.05, 0.1) is 26.2 Å². The molecule has 0 saturated heterocycles. The molecule has 0 aromatic carbocycles. The van der Waals surface area contributed by atoms with E-state index >= 15 is 0 Å². The van der Waals surface area contributed by atoms with Crippen LogP contribution in [0, 0.1) is 0 Å². The summed E-state index contributed by atoms with van der Waals surface area (Å²) in [6.45, 7) is 15.3. The monoisotopic (exact) mass is 1040 g/mol. The van der Waals surface area contributed by atoms with Crippen LogP contribution in [0.5, 0.6) is 0 Å². The maximum atomic E-state index is 2.33. The van der Waals surface area contributed by atoms with E-state index in [2.05, 4.69) is 27.7 Å². The van der Waals surface area contributed by atoms with Crippen LogP contribution in [0.15, 0.2) is 0 Å². The molecule has 0 aliphatic rings. The number of hydrogen-bond donors (Lipinski definition) is 0. The first-order valence-electron chi connectivity index (χ1n) is 32.1. The number of unbranched alkanes of at least 4 members (excludes halogenated alkanes) is 52. The topological polar surface area (TPSA) is 0 Å². The fourth-order valence-corrected chi connectivity index (χ4v) is 11.2. The van der Waals surface area contributed by atoms with Gasteiger partial charge in [-0.1, -0.05) is 336 Å². The van der Waals surface area contributed by atoms with E-state index in [-0.39, 0.29) is 24.0 Å². The highest BCUT2D eigenvalue weighted by Crippen LogP contribution is 2.23. The van der Waals surface area contributed by atoms with Gasteiger partial charge < -0.3 is 28.5 Å². The van der Waals surface area contributed by atoms with Crippen LogP contribution in [0.2, 0.25) is 0 Å². The van der Waals surface area contributed by atoms with E-state index in [1.807, 2.05) is 0 Å². The lowest BCUT2D eigenvalue weighted by Crippen LogP contribution is -3.00. The summed E-state index contributed by atoms with van der Waals surface area (Å²) in [5.41, 5.74) is 0. The van der Waals surface area contributed by atoms with Crippen LogP contribution in [0.25, 0.3) is 0 Å². The van der Waals surface area contributed by atoms with Crippen molar-refractivity contribution in [1.29, 1.82) is 0 Å². The van der Waals surface area contributed by atoms with Crippen LogP contribution >= 0.6 is 0 Å². The standard InChI is InChI=1S/C64H132N.HI/c1-5-9-13-17-21-25-29-33-37-41-45-49-53-57-61-65(62-58-54-50-46-42-38-34-30-26-22-18-14-10-6-2,63-59-55-51-47-43-39-35-31-27-23-19-15-11-7-3)64-60-56-52-48-44-40-36-32-28-24-20-16-12-8-4;/h5-64H2,1-4H3;1H/q+1;/p-1. The highest BCUT2D eigenvalue weighted by molar-refractivity contribution is 4.58. The van der Waals surface area contributed by atoms with Gasteiger partial charge >= 0.3 is 0 Å². The summed E-state index contributed by atoms with van der Waals surface area (Å²) in [4.78, 5) is 0. The van der Waals surface area contributed by atoms with Crippen molar-refractivity contribution in [3.63, 3.8) is 0 Å². The summed E-state index contributed by atoms with van der Waals surface area (Å²) in [6.07, 6.45) is 82.7. The van der Waals surface area contributed by atoms with Gasteiger partial charge in [0.15, 0.2) is 0 Å². The molecule has 0 heterocycles. The Labute approximate surface area is 439 Å². The van der Waals surface area contributed by atoms with Gasteiger partial charge in [0.1, 0.15) is 0 Å². The highest BCUT2D eigenvalue weighted by atomic mass is 127. The van der Waals surface area contributed by atoms with Crippen LogP contribution in [-0.2, 0) is 0 Å².